The van der Waals surface area contributed by atoms with Gasteiger partial charge in [0.15, 0.2) is 17.5 Å². The molecule has 1 aromatic heterocycles. The quantitative estimate of drug-likeness (QED) is 0.551. The first-order valence-corrected chi connectivity index (χ1v) is 7.12. The molecule has 0 bridgehead atoms. The number of halogens is 4. The molecule has 26 heavy (non-hydrogen) atoms. The van der Waals surface area contributed by atoms with Gasteiger partial charge in [0, 0.05) is 11.8 Å². The van der Waals surface area contributed by atoms with Crippen LogP contribution >= 0.6 is 0 Å². The minimum atomic E-state index is -1.86. The molecule has 0 aliphatic carbocycles. The lowest BCUT2D eigenvalue weighted by atomic mass is 10.1. The van der Waals surface area contributed by atoms with Crippen molar-refractivity contribution in [3.05, 3.63) is 75.1 Å². The molecule has 0 radical (unpaired) electrons. The molecule has 1 heterocycles. The van der Waals surface area contributed by atoms with Gasteiger partial charge < -0.3 is 14.8 Å². The third kappa shape index (κ3) is 2.62. The zero-order chi connectivity index (χ0) is 19.2. The Kier molecular flexibility index (Phi) is 4.25. The maximum Gasteiger partial charge on any atom is 0.341 e. The van der Waals surface area contributed by atoms with Crippen LogP contribution in [-0.2, 0) is 6.61 Å². The molecule has 0 spiro atoms. The molecule has 3 rings (SSSR count). The SMILES string of the molecule is O=C(O)c1cn(-c2ccc(F)cc2CO)c2c(F)c(F)c(F)cc2c1=O. The molecule has 0 amide bonds. The summed E-state index contributed by atoms with van der Waals surface area (Å²) in [6.45, 7) is -0.714. The lowest BCUT2D eigenvalue weighted by molar-refractivity contribution is 0.0695. The lowest BCUT2D eigenvalue weighted by Gasteiger charge is -2.16. The second-order valence-electron chi connectivity index (χ2n) is 5.36. The number of aliphatic hydroxyl groups is 1. The van der Waals surface area contributed by atoms with Crippen molar-refractivity contribution in [3.63, 3.8) is 0 Å². The average molecular weight is 367 g/mol. The summed E-state index contributed by atoms with van der Waals surface area (Å²) in [5.74, 6) is -7.66. The summed E-state index contributed by atoms with van der Waals surface area (Å²) < 4.78 is 55.8. The van der Waals surface area contributed by atoms with Gasteiger partial charge in [0.1, 0.15) is 11.4 Å². The fourth-order valence-electron chi connectivity index (χ4n) is 2.65. The molecule has 0 unspecified atom stereocenters. The molecule has 0 saturated heterocycles. The minimum Gasteiger partial charge on any atom is -0.477 e. The molecule has 134 valence electrons. The van der Waals surface area contributed by atoms with E-state index in [1.165, 1.54) is 0 Å². The third-order valence-corrected chi connectivity index (χ3v) is 3.83. The van der Waals surface area contributed by atoms with Crippen LogP contribution in [0.1, 0.15) is 15.9 Å². The normalized spacial score (nSPS) is 11.1. The summed E-state index contributed by atoms with van der Waals surface area (Å²) >= 11 is 0. The lowest BCUT2D eigenvalue weighted by Crippen LogP contribution is -2.20. The van der Waals surface area contributed by atoms with Crippen molar-refractivity contribution in [3.8, 4) is 5.69 Å². The Morgan fingerprint density at radius 2 is 1.77 bits per heavy atom. The zero-order valence-electron chi connectivity index (χ0n) is 12.8. The molecule has 0 atom stereocenters. The Balaban J connectivity index is 2.57. The Labute approximate surface area is 142 Å². The van der Waals surface area contributed by atoms with Crippen molar-refractivity contribution >= 4 is 16.9 Å². The minimum absolute atomic E-state index is 0.0876. The fraction of sp³-hybridized carbons (Fsp3) is 0.0588. The Bertz CT molecular complexity index is 1120. The summed E-state index contributed by atoms with van der Waals surface area (Å²) in [4.78, 5) is 23.5. The van der Waals surface area contributed by atoms with Crippen LogP contribution in [0.15, 0.2) is 35.3 Å². The zero-order valence-corrected chi connectivity index (χ0v) is 12.8. The number of hydrogen-bond donors (Lipinski definition) is 2. The van der Waals surface area contributed by atoms with Gasteiger partial charge in [-0.25, -0.2) is 22.4 Å². The number of carbonyl (C=O) groups is 1. The molecular weight excluding hydrogens is 358 g/mol. The molecule has 9 heteroatoms. The molecular formula is C17H9F4NO4. The van der Waals surface area contributed by atoms with Gasteiger partial charge >= 0.3 is 5.97 Å². The van der Waals surface area contributed by atoms with Crippen LogP contribution in [-0.4, -0.2) is 20.7 Å². The van der Waals surface area contributed by atoms with E-state index in [0.29, 0.717) is 12.3 Å². The fourth-order valence-corrected chi connectivity index (χ4v) is 2.65. The summed E-state index contributed by atoms with van der Waals surface area (Å²) in [7, 11) is 0. The van der Waals surface area contributed by atoms with E-state index in [4.69, 9.17) is 0 Å². The summed E-state index contributed by atoms with van der Waals surface area (Å²) in [5.41, 5.74) is -2.98. The highest BCUT2D eigenvalue weighted by atomic mass is 19.2. The number of nitrogens with zero attached hydrogens (tertiary/aromatic N) is 1. The molecule has 3 aromatic rings. The van der Waals surface area contributed by atoms with Crippen molar-refractivity contribution in [2.24, 2.45) is 0 Å². The third-order valence-electron chi connectivity index (χ3n) is 3.83. The standard InChI is InChI=1S/C17H9F4NO4/c18-8-1-2-12(7(3-8)6-23)22-5-10(17(25)26)16(24)9-4-11(19)13(20)14(21)15(9)22/h1-5,23H,6H2,(H,25,26). The van der Waals surface area contributed by atoms with E-state index in [-0.39, 0.29) is 11.3 Å². The second-order valence-corrected chi connectivity index (χ2v) is 5.36. The summed E-state index contributed by atoms with van der Waals surface area (Å²) in [6.07, 6.45) is 0.708. The highest BCUT2D eigenvalue weighted by Gasteiger charge is 2.23. The number of aromatic nitrogens is 1. The van der Waals surface area contributed by atoms with Crippen LogP contribution in [0.3, 0.4) is 0 Å². The van der Waals surface area contributed by atoms with E-state index in [1.54, 1.807) is 0 Å². The number of aromatic carboxylic acids is 1. The molecule has 2 aromatic carbocycles. The predicted octanol–water partition coefficient (Wildman–Crippen LogP) is 2.74. The van der Waals surface area contributed by atoms with Crippen molar-refractivity contribution in [2.75, 3.05) is 0 Å². The molecule has 5 nitrogen and oxygen atoms in total. The van der Waals surface area contributed by atoms with Crippen molar-refractivity contribution in [2.45, 2.75) is 6.61 Å². The molecule has 0 aliphatic heterocycles. The second kappa shape index (κ2) is 6.26. The molecule has 0 fully saturated rings. The van der Waals surface area contributed by atoms with Crippen LogP contribution in [0, 0.1) is 23.3 Å². The first-order chi connectivity index (χ1) is 12.3. The predicted molar refractivity (Wildman–Crippen MR) is 82.3 cm³/mol. The number of carboxylic acid groups (broad SMARTS) is 1. The Morgan fingerprint density at radius 3 is 2.38 bits per heavy atom. The molecule has 0 aliphatic rings. The number of benzene rings is 2. The van der Waals surface area contributed by atoms with Gasteiger partial charge in [-0.15, -0.1) is 0 Å². The average Bonchev–Trinajstić information content (AvgIpc) is 2.60. The molecule has 0 saturated carbocycles. The summed E-state index contributed by atoms with van der Waals surface area (Å²) in [6, 6.07) is 3.31. The van der Waals surface area contributed by atoms with Crippen molar-refractivity contribution < 1.29 is 32.6 Å². The number of aliphatic hydroxyl groups excluding tert-OH is 1. The number of carboxylic acids is 1. The van der Waals surface area contributed by atoms with Crippen LogP contribution in [0.2, 0.25) is 0 Å². The van der Waals surface area contributed by atoms with Gasteiger partial charge in [-0.1, -0.05) is 0 Å². The van der Waals surface area contributed by atoms with Gasteiger partial charge in [0.05, 0.1) is 23.2 Å². The first kappa shape index (κ1) is 17.6. The monoisotopic (exact) mass is 367 g/mol. The van der Waals surface area contributed by atoms with E-state index < -0.39 is 57.7 Å². The first-order valence-electron chi connectivity index (χ1n) is 7.12. The van der Waals surface area contributed by atoms with Crippen molar-refractivity contribution in [1.82, 2.24) is 4.57 Å². The van der Waals surface area contributed by atoms with Crippen LogP contribution in [0.4, 0.5) is 17.6 Å². The van der Waals surface area contributed by atoms with E-state index >= 15 is 0 Å². The largest absolute Gasteiger partial charge is 0.477 e. The van der Waals surface area contributed by atoms with E-state index in [2.05, 4.69) is 0 Å². The number of pyridine rings is 1. The Morgan fingerprint density at radius 1 is 1.08 bits per heavy atom. The number of rotatable bonds is 3. The van der Waals surface area contributed by atoms with Gasteiger partial charge in [0.2, 0.25) is 5.43 Å². The summed E-state index contributed by atoms with van der Waals surface area (Å²) in [5, 5.41) is 17.9. The Hall–Kier alpha value is -3.20. The van der Waals surface area contributed by atoms with Crippen LogP contribution < -0.4 is 5.43 Å². The van der Waals surface area contributed by atoms with Gasteiger partial charge in [-0.3, -0.25) is 4.79 Å². The highest BCUT2D eigenvalue weighted by molar-refractivity contribution is 5.93. The van der Waals surface area contributed by atoms with Crippen molar-refractivity contribution in [1.29, 1.82) is 0 Å². The number of hydrogen-bond acceptors (Lipinski definition) is 3. The van der Waals surface area contributed by atoms with E-state index in [1.807, 2.05) is 0 Å². The van der Waals surface area contributed by atoms with Gasteiger partial charge in [-0.05, 0) is 24.3 Å². The number of fused-ring (bicyclic) bond motifs is 1. The van der Waals surface area contributed by atoms with Crippen LogP contribution in [0.5, 0.6) is 0 Å². The van der Waals surface area contributed by atoms with E-state index in [9.17, 15) is 37.4 Å². The molecule has 2 N–H and O–H groups in total. The topological polar surface area (TPSA) is 79.5 Å². The highest BCUT2D eigenvalue weighted by Crippen LogP contribution is 2.26. The maximum absolute atomic E-state index is 14.4. The van der Waals surface area contributed by atoms with E-state index in [0.717, 1.165) is 22.8 Å². The van der Waals surface area contributed by atoms with Gasteiger partial charge in [0.25, 0.3) is 0 Å². The maximum atomic E-state index is 14.4. The van der Waals surface area contributed by atoms with Gasteiger partial charge in [-0.2, -0.15) is 0 Å². The van der Waals surface area contributed by atoms with Crippen LogP contribution in [0.25, 0.3) is 16.6 Å². The smallest absolute Gasteiger partial charge is 0.341 e.